The van der Waals surface area contributed by atoms with Crippen molar-refractivity contribution < 1.29 is 13.2 Å². The molecule has 0 radical (unpaired) electrons. The third-order valence-corrected chi connectivity index (χ3v) is 8.41. The van der Waals surface area contributed by atoms with Crippen LogP contribution >= 0.6 is 35.0 Å². The van der Waals surface area contributed by atoms with E-state index in [1.54, 1.807) is 30.3 Å². The largest absolute Gasteiger partial charge is 0.325 e. The van der Waals surface area contributed by atoms with Crippen molar-refractivity contribution >= 4 is 67.3 Å². The quantitative estimate of drug-likeness (QED) is 0.710. The van der Waals surface area contributed by atoms with Crippen LogP contribution in [0, 0.1) is 6.92 Å². The number of amides is 1. The molecule has 10 heteroatoms. The van der Waals surface area contributed by atoms with Crippen LogP contribution < -0.4 is 10.2 Å². The lowest BCUT2D eigenvalue weighted by Crippen LogP contribution is -2.39. The van der Waals surface area contributed by atoms with Gasteiger partial charge in [-0.25, -0.2) is 8.42 Å². The van der Waals surface area contributed by atoms with Crippen LogP contribution in [0.4, 0.5) is 11.4 Å². The van der Waals surface area contributed by atoms with Crippen molar-refractivity contribution in [3.05, 3.63) is 58.1 Å². The van der Waals surface area contributed by atoms with Gasteiger partial charge >= 0.3 is 0 Å². The van der Waals surface area contributed by atoms with Gasteiger partial charge in [0, 0.05) is 21.4 Å². The van der Waals surface area contributed by atoms with Crippen molar-refractivity contribution in [3.8, 4) is 0 Å². The van der Waals surface area contributed by atoms with Gasteiger partial charge < -0.3 is 10.2 Å². The summed E-state index contributed by atoms with van der Waals surface area (Å²) in [6, 6.07) is 11.9. The van der Waals surface area contributed by atoms with Crippen LogP contribution in [0.25, 0.3) is 0 Å². The third kappa shape index (κ3) is 4.46. The van der Waals surface area contributed by atoms with E-state index in [-0.39, 0.29) is 35.2 Å². The lowest BCUT2D eigenvalue weighted by atomic mass is 10.1. The lowest BCUT2D eigenvalue weighted by Gasteiger charge is -2.26. The second-order valence-electron chi connectivity index (χ2n) is 7.22. The first-order chi connectivity index (χ1) is 14.2. The van der Waals surface area contributed by atoms with E-state index < -0.39 is 9.84 Å². The van der Waals surface area contributed by atoms with E-state index in [1.165, 1.54) is 11.8 Å². The van der Waals surface area contributed by atoms with Gasteiger partial charge in [0.05, 0.1) is 29.3 Å². The highest BCUT2D eigenvalue weighted by Crippen LogP contribution is 2.35. The molecule has 2 aliphatic heterocycles. The molecule has 0 saturated carbocycles. The van der Waals surface area contributed by atoms with Gasteiger partial charge in [-0.05, 0) is 48.9 Å². The van der Waals surface area contributed by atoms with Crippen LogP contribution in [-0.4, -0.2) is 48.8 Å². The molecule has 158 valence electrons. The second kappa shape index (κ2) is 8.42. The van der Waals surface area contributed by atoms with Crippen molar-refractivity contribution in [1.82, 2.24) is 0 Å². The molecule has 0 aromatic heterocycles. The van der Waals surface area contributed by atoms with Crippen molar-refractivity contribution in [2.24, 2.45) is 4.99 Å². The molecular formula is C20H19Cl2N3O3S2. The van der Waals surface area contributed by atoms with Crippen LogP contribution in [-0.2, 0) is 14.6 Å². The fourth-order valence-corrected chi connectivity index (χ4v) is 6.66. The van der Waals surface area contributed by atoms with E-state index >= 15 is 0 Å². The number of hydrogen-bond acceptors (Lipinski definition) is 6. The Balaban J connectivity index is 1.51. The number of carbonyl (C=O) groups is 1. The minimum absolute atomic E-state index is 0.0275. The summed E-state index contributed by atoms with van der Waals surface area (Å²) in [6.45, 7) is 1.84. The van der Waals surface area contributed by atoms with Crippen LogP contribution in [0.2, 0.25) is 10.0 Å². The molecule has 2 atom stereocenters. The summed E-state index contributed by atoms with van der Waals surface area (Å²) in [6.07, 6.45) is 0. The SMILES string of the molecule is Cc1c(Cl)cccc1NC(=O)CSC1=NC2CS(=O)(=O)CC2N1c1ccc(Cl)cc1. The Hall–Kier alpha value is -1.74. The van der Waals surface area contributed by atoms with Gasteiger partial charge in [-0.2, -0.15) is 0 Å². The van der Waals surface area contributed by atoms with Gasteiger partial charge in [-0.1, -0.05) is 41.0 Å². The summed E-state index contributed by atoms with van der Waals surface area (Å²) in [7, 11) is -3.13. The van der Waals surface area contributed by atoms with E-state index in [0.717, 1.165) is 11.3 Å². The number of carbonyl (C=O) groups excluding carboxylic acids is 1. The Morgan fingerprint density at radius 2 is 1.93 bits per heavy atom. The fourth-order valence-electron chi connectivity index (χ4n) is 3.60. The minimum Gasteiger partial charge on any atom is -0.325 e. The van der Waals surface area contributed by atoms with Gasteiger partial charge in [0.2, 0.25) is 5.91 Å². The first-order valence-corrected chi connectivity index (χ1v) is 12.8. The van der Waals surface area contributed by atoms with Crippen molar-refractivity contribution in [2.75, 3.05) is 27.5 Å². The second-order valence-corrected chi connectivity index (χ2v) is 11.2. The zero-order valence-corrected chi connectivity index (χ0v) is 19.2. The number of fused-ring (bicyclic) bond motifs is 1. The Labute approximate surface area is 189 Å². The van der Waals surface area contributed by atoms with Gasteiger partial charge in [0.15, 0.2) is 15.0 Å². The molecule has 0 spiro atoms. The van der Waals surface area contributed by atoms with Crippen LogP contribution in [0.3, 0.4) is 0 Å². The lowest BCUT2D eigenvalue weighted by molar-refractivity contribution is -0.113. The molecule has 1 saturated heterocycles. The van der Waals surface area contributed by atoms with Gasteiger partial charge in [-0.15, -0.1) is 0 Å². The smallest absolute Gasteiger partial charge is 0.234 e. The zero-order valence-electron chi connectivity index (χ0n) is 16.0. The van der Waals surface area contributed by atoms with Gasteiger partial charge in [-0.3, -0.25) is 9.79 Å². The summed E-state index contributed by atoms with van der Waals surface area (Å²) in [5, 5.41) is 4.69. The van der Waals surface area contributed by atoms with E-state index in [1.807, 2.05) is 24.0 Å². The number of sulfone groups is 1. The number of halogens is 2. The fraction of sp³-hybridized carbons (Fsp3) is 0.300. The maximum atomic E-state index is 12.5. The summed E-state index contributed by atoms with van der Waals surface area (Å²) in [5.74, 6) is 0.0246. The normalized spacial score (nSPS) is 22.0. The molecule has 6 nitrogen and oxygen atoms in total. The highest BCUT2D eigenvalue weighted by Gasteiger charge is 2.47. The van der Waals surface area contributed by atoms with Crippen molar-refractivity contribution in [3.63, 3.8) is 0 Å². The molecular weight excluding hydrogens is 465 g/mol. The molecule has 4 rings (SSSR count). The number of benzene rings is 2. The Bertz CT molecular complexity index is 1120. The Morgan fingerprint density at radius 1 is 1.20 bits per heavy atom. The molecule has 1 amide bonds. The molecule has 2 aromatic rings. The third-order valence-electron chi connectivity index (χ3n) is 5.09. The average Bonchev–Trinajstić information content (AvgIpc) is 3.16. The van der Waals surface area contributed by atoms with Crippen LogP contribution in [0.5, 0.6) is 0 Å². The first kappa shape index (κ1) is 21.5. The highest BCUT2D eigenvalue weighted by molar-refractivity contribution is 8.14. The number of nitrogens with zero attached hydrogens (tertiary/aromatic N) is 2. The van der Waals surface area contributed by atoms with Crippen molar-refractivity contribution in [1.29, 1.82) is 0 Å². The maximum Gasteiger partial charge on any atom is 0.234 e. The molecule has 2 heterocycles. The number of hydrogen-bond donors (Lipinski definition) is 1. The maximum absolute atomic E-state index is 12.5. The molecule has 2 aromatic carbocycles. The highest BCUT2D eigenvalue weighted by atomic mass is 35.5. The minimum atomic E-state index is -3.13. The Morgan fingerprint density at radius 3 is 2.67 bits per heavy atom. The van der Waals surface area contributed by atoms with E-state index in [9.17, 15) is 13.2 Å². The van der Waals surface area contributed by atoms with E-state index in [2.05, 4.69) is 10.3 Å². The molecule has 2 unspecified atom stereocenters. The van der Waals surface area contributed by atoms with Crippen LogP contribution in [0.1, 0.15) is 5.56 Å². The number of anilines is 2. The molecule has 1 N–H and O–H groups in total. The number of thioether (sulfide) groups is 1. The monoisotopic (exact) mass is 483 g/mol. The van der Waals surface area contributed by atoms with Gasteiger partial charge in [0.25, 0.3) is 0 Å². The summed E-state index contributed by atoms with van der Waals surface area (Å²) < 4.78 is 24.2. The predicted molar refractivity (Wildman–Crippen MR) is 125 cm³/mol. The average molecular weight is 484 g/mol. The van der Waals surface area contributed by atoms with Crippen LogP contribution in [0.15, 0.2) is 47.5 Å². The molecule has 2 aliphatic rings. The predicted octanol–water partition coefficient (Wildman–Crippen LogP) is 4.02. The number of aliphatic imine (C=N–C) groups is 1. The molecule has 1 fully saturated rings. The Kier molecular flexibility index (Phi) is 6.03. The first-order valence-electron chi connectivity index (χ1n) is 9.24. The zero-order chi connectivity index (χ0) is 21.5. The van der Waals surface area contributed by atoms with Gasteiger partial charge in [0.1, 0.15) is 0 Å². The summed E-state index contributed by atoms with van der Waals surface area (Å²) in [4.78, 5) is 19.0. The number of rotatable bonds is 4. The molecule has 0 aliphatic carbocycles. The molecule has 30 heavy (non-hydrogen) atoms. The standard InChI is InChI=1S/C20H19Cl2N3O3S2/c1-12-15(22)3-2-4-16(12)23-19(26)9-29-20-24-17-10-30(27,28)11-18(17)25(20)14-7-5-13(21)6-8-14/h2-8,17-18H,9-11H2,1H3,(H,23,26). The number of nitrogens with one attached hydrogen (secondary N) is 1. The van der Waals surface area contributed by atoms with E-state index in [4.69, 9.17) is 23.2 Å². The number of amidine groups is 1. The van der Waals surface area contributed by atoms with E-state index in [0.29, 0.717) is 20.9 Å². The summed E-state index contributed by atoms with van der Waals surface area (Å²) in [5.41, 5.74) is 2.28. The summed E-state index contributed by atoms with van der Waals surface area (Å²) >= 11 is 13.4. The van der Waals surface area contributed by atoms with Crippen molar-refractivity contribution in [2.45, 2.75) is 19.0 Å². The molecule has 0 bridgehead atoms. The topological polar surface area (TPSA) is 78.8 Å².